The van der Waals surface area contributed by atoms with Crippen LogP contribution in [0.25, 0.3) is 0 Å². The van der Waals surface area contributed by atoms with E-state index in [1.54, 1.807) is 0 Å². The van der Waals surface area contributed by atoms with E-state index < -0.39 is 0 Å². The summed E-state index contributed by atoms with van der Waals surface area (Å²) in [6.07, 6.45) is 22.1. The fraction of sp³-hybridized carbons (Fsp3) is 1.00. The molecule has 0 bridgehead atoms. The Balaban J connectivity index is 1.55. The van der Waals surface area contributed by atoms with Crippen LogP contribution in [-0.4, -0.2) is 12.7 Å². The van der Waals surface area contributed by atoms with Crippen molar-refractivity contribution >= 4 is 0 Å². The summed E-state index contributed by atoms with van der Waals surface area (Å²) in [5, 5.41) is 0. The Bertz CT molecular complexity index is 272. The SMILES string of the molecule is CCCCCC[C@H]1CC[C@H]([C@H]2CC[C@H](OCCCC)CC2)CC1. The average molecular weight is 323 g/mol. The van der Waals surface area contributed by atoms with Crippen LogP contribution < -0.4 is 0 Å². The lowest BCUT2D eigenvalue weighted by atomic mass is 9.70. The fourth-order valence-electron chi connectivity index (χ4n) is 4.93. The van der Waals surface area contributed by atoms with Gasteiger partial charge in [-0.3, -0.25) is 0 Å². The van der Waals surface area contributed by atoms with E-state index in [0.717, 1.165) is 24.4 Å². The van der Waals surface area contributed by atoms with Crippen molar-refractivity contribution in [1.29, 1.82) is 0 Å². The first-order valence-corrected chi connectivity index (χ1v) is 10.9. The van der Waals surface area contributed by atoms with Crippen LogP contribution in [0.15, 0.2) is 0 Å². The van der Waals surface area contributed by atoms with Gasteiger partial charge in [-0.25, -0.2) is 0 Å². The number of ether oxygens (including phenoxy) is 1. The Morgan fingerprint density at radius 2 is 1.26 bits per heavy atom. The second kappa shape index (κ2) is 11.5. The molecule has 0 saturated heterocycles. The lowest BCUT2D eigenvalue weighted by Gasteiger charge is -2.38. The van der Waals surface area contributed by atoms with Crippen LogP contribution >= 0.6 is 0 Å². The fourth-order valence-corrected chi connectivity index (χ4v) is 4.93. The van der Waals surface area contributed by atoms with Gasteiger partial charge in [0.15, 0.2) is 0 Å². The summed E-state index contributed by atoms with van der Waals surface area (Å²) in [6.45, 7) is 5.56. The van der Waals surface area contributed by atoms with Crippen molar-refractivity contribution in [2.24, 2.45) is 17.8 Å². The largest absolute Gasteiger partial charge is 0.378 e. The molecule has 0 aromatic heterocycles. The summed E-state index contributed by atoms with van der Waals surface area (Å²) in [5.41, 5.74) is 0. The zero-order valence-corrected chi connectivity index (χ0v) is 16.0. The van der Waals surface area contributed by atoms with Crippen molar-refractivity contribution in [1.82, 2.24) is 0 Å². The molecule has 2 saturated carbocycles. The Kier molecular flexibility index (Phi) is 9.65. The van der Waals surface area contributed by atoms with Gasteiger partial charge in [0, 0.05) is 6.61 Å². The van der Waals surface area contributed by atoms with E-state index in [2.05, 4.69) is 13.8 Å². The molecule has 136 valence electrons. The van der Waals surface area contributed by atoms with Gasteiger partial charge in [0.05, 0.1) is 6.10 Å². The topological polar surface area (TPSA) is 9.23 Å². The molecule has 0 spiro atoms. The van der Waals surface area contributed by atoms with E-state index >= 15 is 0 Å². The van der Waals surface area contributed by atoms with Crippen molar-refractivity contribution in [3.63, 3.8) is 0 Å². The van der Waals surface area contributed by atoms with Crippen molar-refractivity contribution in [3.8, 4) is 0 Å². The van der Waals surface area contributed by atoms with Gasteiger partial charge in [-0.1, -0.05) is 65.2 Å². The van der Waals surface area contributed by atoms with Crippen LogP contribution in [0.3, 0.4) is 0 Å². The molecule has 0 aliphatic heterocycles. The van der Waals surface area contributed by atoms with Gasteiger partial charge >= 0.3 is 0 Å². The molecular formula is C22H42O. The first-order chi connectivity index (χ1) is 11.3. The molecule has 2 rings (SSSR count). The lowest BCUT2D eigenvalue weighted by molar-refractivity contribution is 0.00576. The van der Waals surface area contributed by atoms with Gasteiger partial charge in [0.2, 0.25) is 0 Å². The van der Waals surface area contributed by atoms with Gasteiger partial charge < -0.3 is 4.74 Å². The second-order valence-electron chi connectivity index (χ2n) is 8.39. The van der Waals surface area contributed by atoms with Crippen molar-refractivity contribution < 1.29 is 4.74 Å². The monoisotopic (exact) mass is 322 g/mol. The van der Waals surface area contributed by atoms with Crippen LogP contribution in [0.1, 0.15) is 110 Å². The molecule has 0 amide bonds. The van der Waals surface area contributed by atoms with Crippen LogP contribution in [0.2, 0.25) is 0 Å². The minimum Gasteiger partial charge on any atom is -0.378 e. The molecule has 23 heavy (non-hydrogen) atoms. The zero-order chi connectivity index (χ0) is 16.3. The first kappa shape index (κ1) is 19.3. The second-order valence-corrected chi connectivity index (χ2v) is 8.39. The lowest BCUT2D eigenvalue weighted by Crippen LogP contribution is -2.28. The number of hydrogen-bond donors (Lipinski definition) is 0. The van der Waals surface area contributed by atoms with E-state index in [4.69, 9.17) is 4.74 Å². The molecule has 0 heterocycles. The molecule has 1 nitrogen and oxygen atoms in total. The smallest absolute Gasteiger partial charge is 0.0575 e. The maximum atomic E-state index is 6.04. The predicted molar refractivity (Wildman–Crippen MR) is 101 cm³/mol. The highest BCUT2D eigenvalue weighted by Crippen LogP contribution is 2.41. The van der Waals surface area contributed by atoms with Crippen molar-refractivity contribution in [2.45, 2.75) is 116 Å². The molecule has 1 heteroatoms. The number of hydrogen-bond acceptors (Lipinski definition) is 1. The number of rotatable bonds is 10. The van der Waals surface area contributed by atoms with Gasteiger partial charge in [-0.15, -0.1) is 0 Å². The molecule has 0 aromatic rings. The molecule has 0 N–H and O–H groups in total. The standard InChI is InChI=1S/C22H42O/c1-3-5-7-8-9-19-10-12-20(13-11-19)21-14-16-22(17-15-21)23-18-6-4-2/h19-22H,3-18H2,1-2H3/t19-,20-,21-,22-. The summed E-state index contributed by atoms with van der Waals surface area (Å²) in [4.78, 5) is 0. The van der Waals surface area contributed by atoms with E-state index in [-0.39, 0.29) is 0 Å². The Morgan fingerprint density at radius 1 is 0.652 bits per heavy atom. The van der Waals surface area contributed by atoms with Gasteiger partial charge in [0.25, 0.3) is 0 Å². The van der Waals surface area contributed by atoms with E-state index in [9.17, 15) is 0 Å². The Labute approximate surface area is 146 Å². The van der Waals surface area contributed by atoms with E-state index in [1.165, 1.54) is 96.3 Å². The summed E-state index contributed by atoms with van der Waals surface area (Å²) < 4.78 is 6.04. The molecule has 0 aromatic carbocycles. The third-order valence-electron chi connectivity index (χ3n) is 6.59. The molecule has 2 aliphatic rings. The van der Waals surface area contributed by atoms with E-state index in [1.807, 2.05) is 0 Å². The van der Waals surface area contributed by atoms with Crippen LogP contribution in [0, 0.1) is 17.8 Å². The highest BCUT2D eigenvalue weighted by atomic mass is 16.5. The zero-order valence-electron chi connectivity index (χ0n) is 16.0. The molecule has 2 aliphatic carbocycles. The molecule has 0 atom stereocenters. The van der Waals surface area contributed by atoms with Crippen molar-refractivity contribution in [2.75, 3.05) is 6.61 Å². The third-order valence-corrected chi connectivity index (χ3v) is 6.59. The first-order valence-electron chi connectivity index (χ1n) is 10.9. The third kappa shape index (κ3) is 7.16. The Hall–Kier alpha value is -0.0400. The summed E-state index contributed by atoms with van der Waals surface area (Å²) >= 11 is 0. The van der Waals surface area contributed by atoms with Gasteiger partial charge in [-0.05, 0) is 62.7 Å². The summed E-state index contributed by atoms with van der Waals surface area (Å²) in [7, 11) is 0. The summed E-state index contributed by atoms with van der Waals surface area (Å²) in [5.74, 6) is 3.15. The maximum Gasteiger partial charge on any atom is 0.0575 e. The van der Waals surface area contributed by atoms with Crippen molar-refractivity contribution in [3.05, 3.63) is 0 Å². The van der Waals surface area contributed by atoms with Crippen LogP contribution in [0.5, 0.6) is 0 Å². The molecule has 0 radical (unpaired) electrons. The number of unbranched alkanes of at least 4 members (excludes halogenated alkanes) is 4. The molecule has 2 fully saturated rings. The minimum absolute atomic E-state index is 0.590. The Morgan fingerprint density at radius 3 is 1.87 bits per heavy atom. The minimum atomic E-state index is 0.590. The highest BCUT2D eigenvalue weighted by Gasteiger charge is 2.30. The normalized spacial score (nSPS) is 32.1. The summed E-state index contributed by atoms with van der Waals surface area (Å²) in [6, 6.07) is 0. The quantitative estimate of drug-likeness (QED) is 0.388. The molecule has 0 unspecified atom stereocenters. The highest BCUT2D eigenvalue weighted by molar-refractivity contribution is 4.82. The average Bonchev–Trinajstić information content (AvgIpc) is 2.60. The van der Waals surface area contributed by atoms with Gasteiger partial charge in [-0.2, -0.15) is 0 Å². The maximum absolute atomic E-state index is 6.04. The molecular weight excluding hydrogens is 280 g/mol. The van der Waals surface area contributed by atoms with E-state index in [0.29, 0.717) is 6.10 Å². The van der Waals surface area contributed by atoms with Gasteiger partial charge in [0.1, 0.15) is 0 Å². The van der Waals surface area contributed by atoms with Crippen LogP contribution in [0.4, 0.5) is 0 Å². The van der Waals surface area contributed by atoms with Crippen LogP contribution in [-0.2, 0) is 4.74 Å². The predicted octanol–water partition coefficient (Wildman–Crippen LogP) is 7.14.